The summed E-state index contributed by atoms with van der Waals surface area (Å²) in [6, 6.07) is 3.70. The Kier molecular flexibility index (Phi) is 5.37. The normalized spacial score (nSPS) is 20.4. The molecule has 1 saturated heterocycles. The zero-order chi connectivity index (χ0) is 19.0. The molecule has 0 radical (unpaired) electrons. The predicted octanol–water partition coefficient (Wildman–Crippen LogP) is 5.06. The topological polar surface area (TPSA) is 49.4 Å². The fourth-order valence-electron chi connectivity index (χ4n) is 4.01. The molecule has 1 aliphatic heterocycles. The summed E-state index contributed by atoms with van der Waals surface area (Å²) < 4.78 is 0. The van der Waals surface area contributed by atoms with Crippen LogP contribution in [0, 0.1) is 11.8 Å². The minimum atomic E-state index is -0.113. The van der Waals surface area contributed by atoms with Crippen molar-refractivity contribution in [1.29, 1.82) is 0 Å². The van der Waals surface area contributed by atoms with Gasteiger partial charge >= 0.3 is 0 Å². The highest BCUT2D eigenvalue weighted by molar-refractivity contribution is 7.17. The average molecular weight is 403 g/mol. The number of hydrogen-bond acceptors (Lipinski definition) is 4. The number of piperidine rings is 1. The van der Waals surface area contributed by atoms with Crippen molar-refractivity contribution in [3.05, 3.63) is 38.4 Å². The maximum absolute atomic E-state index is 13.4. The molecule has 0 aromatic carbocycles. The molecule has 2 amide bonds. The highest BCUT2D eigenvalue weighted by atomic mass is 32.1. The summed E-state index contributed by atoms with van der Waals surface area (Å²) in [6.45, 7) is 6.15. The first-order valence-corrected chi connectivity index (χ1v) is 11.5. The van der Waals surface area contributed by atoms with Crippen LogP contribution >= 0.6 is 22.7 Å². The second-order valence-electron chi connectivity index (χ2n) is 7.96. The van der Waals surface area contributed by atoms with Crippen molar-refractivity contribution in [2.75, 3.05) is 18.4 Å². The van der Waals surface area contributed by atoms with Crippen molar-refractivity contribution >= 4 is 39.5 Å². The first-order chi connectivity index (χ1) is 13.0. The van der Waals surface area contributed by atoms with Gasteiger partial charge in [-0.1, -0.05) is 19.9 Å². The Bertz CT molecular complexity index is 833. The number of carbonyl (C=O) groups is 2. The number of anilines is 1. The Morgan fingerprint density at radius 2 is 1.93 bits per heavy atom. The van der Waals surface area contributed by atoms with E-state index in [1.54, 1.807) is 11.3 Å². The third kappa shape index (κ3) is 3.83. The van der Waals surface area contributed by atoms with Crippen LogP contribution < -0.4 is 5.32 Å². The maximum Gasteiger partial charge on any atom is 0.266 e. The summed E-state index contributed by atoms with van der Waals surface area (Å²) in [5.41, 5.74) is 1.95. The van der Waals surface area contributed by atoms with Gasteiger partial charge in [-0.25, -0.2) is 0 Å². The van der Waals surface area contributed by atoms with Crippen LogP contribution in [0.5, 0.6) is 0 Å². The van der Waals surface area contributed by atoms with E-state index >= 15 is 0 Å². The molecule has 27 heavy (non-hydrogen) atoms. The Morgan fingerprint density at radius 3 is 2.63 bits per heavy atom. The third-order valence-corrected chi connectivity index (χ3v) is 7.81. The van der Waals surface area contributed by atoms with Crippen LogP contribution in [0.2, 0.25) is 0 Å². The van der Waals surface area contributed by atoms with Gasteiger partial charge in [0.15, 0.2) is 0 Å². The second-order valence-corrected chi connectivity index (χ2v) is 10.0. The van der Waals surface area contributed by atoms with Crippen LogP contribution in [0.1, 0.15) is 63.6 Å². The Labute approximate surface area is 168 Å². The number of rotatable bonds is 3. The molecule has 1 aliphatic carbocycles. The number of hydrogen-bond donors (Lipinski definition) is 1. The zero-order valence-electron chi connectivity index (χ0n) is 15.9. The van der Waals surface area contributed by atoms with Gasteiger partial charge < -0.3 is 10.2 Å². The molecule has 0 saturated carbocycles. The molecule has 6 heteroatoms. The minimum Gasteiger partial charge on any atom is -0.339 e. The van der Waals surface area contributed by atoms with Crippen LogP contribution in [0.4, 0.5) is 5.00 Å². The molecule has 0 spiro atoms. The first-order valence-electron chi connectivity index (χ1n) is 9.81. The van der Waals surface area contributed by atoms with E-state index in [4.69, 9.17) is 0 Å². The summed E-state index contributed by atoms with van der Waals surface area (Å²) in [5, 5.41) is 5.70. The van der Waals surface area contributed by atoms with Crippen LogP contribution in [-0.4, -0.2) is 29.8 Å². The molecule has 1 N–H and O–H groups in total. The van der Waals surface area contributed by atoms with Crippen molar-refractivity contribution in [3.63, 3.8) is 0 Å². The van der Waals surface area contributed by atoms with E-state index in [0.717, 1.165) is 55.8 Å². The highest BCUT2D eigenvalue weighted by Crippen LogP contribution is 2.41. The summed E-state index contributed by atoms with van der Waals surface area (Å²) in [5.74, 6) is 1.31. The third-order valence-electron chi connectivity index (χ3n) is 5.77. The van der Waals surface area contributed by atoms with Gasteiger partial charge in [0.1, 0.15) is 5.00 Å². The quantitative estimate of drug-likeness (QED) is 0.780. The monoisotopic (exact) mass is 402 g/mol. The van der Waals surface area contributed by atoms with Gasteiger partial charge in [0.2, 0.25) is 0 Å². The summed E-state index contributed by atoms with van der Waals surface area (Å²) in [7, 11) is 0. The zero-order valence-corrected chi connectivity index (χ0v) is 17.5. The van der Waals surface area contributed by atoms with E-state index in [1.165, 1.54) is 21.8 Å². The van der Waals surface area contributed by atoms with Gasteiger partial charge in [-0.15, -0.1) is 22.7 Å². The van der Waals surface area contributed by atoms with Crippen LogP contribution in [0.3, 0.4) is 0 Å². The van der Waals surface area contributed by atoms with Gasteiger partial charge in [0.25, 0.3) is 11.8 Å². The van der Waals surface area contributed by atoms with E-state index in [1.807, 2.05) is 22.4 Å². The summed E-state index contributed by atoms with van der Waals surface area (Å²) >= 11 is 3.03. The lowest BCUT2D eigenvalue weighted by Gasteiger charge is -2.31. The maximum atomic E-state index is 13.4. The van der Waals surface area contributed by atoms with Gasteiger partial charge in [-0.3, -0.25) is 9.59 Å². The fourth-order valence-corrected chi connectivity index (χ4v) is 6.02. The van der Waals surface area contributed by atoms with Crippen LogP contribution in [0.25, 0.3) is 0 Å². The molecule has 1 fully saturated rings. The SMILES string of the molecule is CC1CCN(C(=O)c2c(NC(=O)c3cccs3)sc3c2CC[C@H](C)C3)CC1. The van der Waals surface area contributed by atoms with Crippen LogP contribution in [-0.2, 0) is 12.8 Å². The van der Waals surface area contributed by atoms with E-state index < -0.39 is 0 Å². The summed E-state index contributed by atoms with van der Waals surface area (Å²) in [6.07, 6.45) is 5.18. The molecule has 1 atom stereocenters. The number of thiophene rings is 2. The highest BCUT2D eigenvalue weighted by Gasteiger charge is 2.32. The number of likely N-dealkylation sites (tertiary alicyclic amines) is 1. The largest absolute Gasteiger partial charge is 0.339 e. The Balaban J connectivity index is 1.65. The number of amides is 2. The van der Waals surface area contributed by atoms with Gasteiger partial charge in [-0.2, -0.15) is 0 Å². The molecular weight excluding hydrogens is 376 g/mol. The Morgan fingerprint density at radius 1 is 1.15 bits per heavy atom. The fraction of sp³-hybridized carbons (Fsp3) is 0.524. The number of nitrogens with zero attached hydrogens (tertiary/aromatic N) is 1. The van der Waals surface area contributed by atoms with Crippen molar-refractivity contribution in [1.82, 2.24) is 4.90 Å². The molecule has 2 aromatic rings. The minimum absolute atomic E-state index is 0.107. The molecular formula is C21H26N2O2S2. The van der Waals surface area contributed by atoms with Crippen molar-refractivity contribution in [2.24, 2.45) is 11.8 Å². The first kappa shape index (κ1) is 18.7. The average Bonchev–Trinajstić information content (AvgIpc) is 3.29. The molecule has 4 nitrogen and oxygen atoms in total. The standard InChI is InChI=1S/C21H26N2O2S2/c1-13-7-9-23(10-8-13)21(25)18-15-6-5-14(2)12-17(15)27-20(18)22-19(24)16-4-3-11-26-16/h3-4,11,13-14H,5-10,12H2,1-2H3,(H,22,24)/t14-/m0/s1. The van der Waals surface area contributed by atoms with E-state index in [-0.39, 0.29) is 11.8 Å². The molecule has 3 heterocycles. The number of fused-ring (bicyclic) bond motifs is 1. The molecule has 4 rings (SSSR count). The number of carbonyl (C=O) groups excluding carboxylic acids is 2. The van der Waals surface area contributed by atoms with Crippen molar-refractivity contribution in [3.8, 4) is 0 Å². The van der Waals surface area contributed by atoms with Crippen LogP contribution in [0.15, 0.2) is 17.5 Å². The molecule has 0 bridgehead atoms. The predicted molar refractivity (Wildman–Crippen MR) is 112 cm³/mol. The lowest BCUT2D eigenvalue weighted by molar-refractivity contribution is 0.0697. The van der Waals surface area contributed by atoms with Crippen molar-refractivity contribution in [2.45, 2.75) is 46.0 Å². The second kappa shape index (κ2) is 7.76. The lowest BCUT2D eigenvalue weighted by atomic mass is 9.88. The van der Waals surface area contributed by atoms with Gasteiger partial charge in [0, 0.05) is 18.0 Å². The summed E-state index contributed by atoms with van der Waals surface area (Å²) in [4.78, 5) is 30.0. The molecule has 0 unspecified atom stereocenters. The van der Waals surface area contributed by atoms with E-state index in [2.05, 4.69) is 19.2 Å². The van der Waals surface area contributed by atoms with E-state index in [9.17, 15) is 9.59 Å². The lowest BCUT2D eigenvalue weighted by Crippen LogP contribution is -2.38. The van der Waals surface area contributed by atoms with E-state index in [0.29, 0.717) is 16.7 Å². The molecule has 2 aliphatic rings. The number of nitrogens with one attached hydrogen (secondary N) is 1. The smallest absolute Gasteiger partial charge is 0.266 e. The molecule has 2 aromatic heterocycles. The van der Waals surface area contributed by atoms with Gasteiger partial charge in [0.05, 0.1) is 10.4 Å². The Hall–Kier alpha value is -1.66. The molecule has 144 valence electrons. The van der Waals surface area contributed by atoms with Gasteiger partial charge in [-0.05, 0) is 60.9 Å². The van der Waals surface area contributed by atoms with Crippen molar-refractivity contribution < 1.29 is 9.59 Å².